The second-order valence-corrected chi connectivity index (χ2v) is 8.86. The van der Waals surface area contributed by atoms with Crippen LogP contribution in [0.2, 0.25) is 0 Å². The molecule has 168 valence electrons. The van der Waals surface area contributed by atoms with Crippen molar-refractivity contribution < 1.29 is 14.3 Å². The van der Waals surface area contributed by atoms with Crippen molar-refractivity contribution in [3.8, 4) is 5.75 Å². The van der Waals surface area contributed by atoms with E-state index in [9.17, 15) is 9.59 Å². The van der Waals surface area contributed by atoms with Gasteiger partial charge in [0.2, 0.25) is 11.8 Å². The number of methoxy groups -OCH3 is 1. The average molecular weight is 443 g/mol. The highest BCUT2D eigenvalue weighted by atomic mass is 32.2. The lowest BCUT2D eigenvalue weighted by Crippen LogP contribution is -2.51. The van der Waals surface area contributed by atoms with E-state index < -0.39 is 6.04 Å². The van der Waals surface area contributed by atoms with Crippen molar-refractivity contribution >= 4 is 23.6 Å². The first-order valence-electron chi connectivity index (χ1n) is 10.7. The summed E-state index contributed by atoms with van der Waals surface area (Å²) in [5, 5.41) is 2.97. The number of amides is 2. The molecule has 0 fully saturated rings. The van der Waals surface area contributed by atoms with Gasteiger partial charge in [-0.3, -0.25) is 9.59 Å². The lowest BCUT2D eigenvalue weighted by atomic mass is 10.1. The number of hydrogen-bond donors (Lipinski definition) is 1. The smallest absolute Gasteiger partial charge is 0.243 e. The summed E-state index contributed by atoms with van der Waals surface area (Å²) in [6, 6.07) is 15.4. The molecule has 0 aliphatic carbocycles. The van der Waals surface area contributed by atoms with Crippen molar-refractivity contribution in [2.24, 2.45) is 0 Å². The normalized spacial score (nSPS) is 11.8. The van der Waals surface area contributed by atoms with Crippen LogP contribution in [0.4, 0.5) is 0 Å². The van der Waals surface area contributed by atoms with Crippen molar-refractivity contribution in [3.63, 3.8) is 0 Å². The topological polar surface area (TPSA) is 58.6 Å². The van der Waals surface area contributed by atoms with Gasteiger partial charge in [0.15, 0.2) is 0 Å². The van der Waals surface area contributed by atoms with Crippen LogP contribution in [0.25, 0.3) is 0 Å². The van der Waals surface area contributed by atoms with Crippen molar-refractivity contribution in [1.29, 1.82) is 0 Å². The van der Waals surface area contributed by atoms with E-state index in [0.29, 0.717) is 18.7 Å². The highest BCUT2D eigenvalue weighted by Crippen LogP contribution is 2.20. The zero-order valence-corrected chi connectivity index (χ0v) is 20.0. The standard InChI is InChI=1S/C25H34N2O3S/c1-6-23(25(29)26-18(2)3)27(15-21-10-8-7-9-19(21)4)24(28)17-31-16-20-11-13-22(30-5)14-12-20/h7-14,18,23H,6,15-17H2,1-5H3,(H,26,29)/t23-/m0/s1. The summed E-state index contributed by atoms with van der Waals surface area (Å²) in [4.78, 5) is 27.8. The van der Waals surface area contributed by atoms with Crippen LogP contribution in [0.5, 0.6) is 5.75 Å². The Balaban J connectivity index is 2.12. The average Bonchev–Trinajstić information content (AvgIpc) is 2.74. The molecule has 0 bridgehead atoms. The molecule has 1 N–H and O–H groups in total. The van der Waals surface area contributed by atoms with E-state index in [2.05, 4.69) is 5.32 Å². The molecule has 0 heterocycles. The molecule has 0 aliphatic heterocycles. The van der Waals surface area contributed by atoms with E-state index in [1.165, 1.54) is 0 Å². The Labute approximate surface area is 190 Å². The molecule has 0 radical (unpaired) electrons. The summed E-state index contributed by atoms with van der Waals surface area (Å²) in [6.07, 6.45) is 0.569. The van der Waals surface area contributed by atoms with E-state index in [-0.39, 0.29) is 17.9 Å². The predicted molar refractivity (Wildman–Crippen MR) is 128 cm³/mol. The Morgan fingerprint density at radius 2 is 1.77 bits per heavy atom. The van der Waals surface area contributed by atoms with Crippen molar-refractivity contribution in [2.75, 3.05) is 12.9 Å². The first-order valence-corrected chi connectivity index (χ1v) is 11.9. The van der Waals surface area contributed by atoms with Crippen molar-refractivity contribution in [3.05, 3.63) is 65.2 Å². The maximum Gasteiger partial charge on any atom is 0.243 e. The molecule has 5 nitrogen and oxygen atoms in total. The number of thioether (sulfide) groups is 1. The molecule has 0 spiro atoms. The summed E-state index contributed by atoms with van der Waals surface area (Å²) in [5.41, 5.74) is 3.31. The fourth-order valence-corrected chi connectivity index (χ4v) is 4.20. The molecule has 0 saturated heterocycles. The minimum atomic E-state index is -0.490. The first kappa shape index (κ1) is 24.8. The van der Waals surface area contributed by atoms with Gasteiger partial charge in [0, 0.05) is 18.3 Å². The van der Waals surface area contributed by atoms with E-state index in [4.69, 9.17) is 4.74 Å². The zero-order chi connectivity index (χ0) is 22.8. The molecule has 0 aromatic heterocycles. The molecule has 31 heavy (non-hydrogen) atoms. The van der Waals surface area contributed by atoms with E-state index in [0.717, 1.165) is 28.2 Å². The number of nitrogens with one attached hydrogen (secondary N) is 1. The molecule has 2 aromatic carbocycles. The van der Waals surface area contributed by atoms with E-state index in [1.807, 2.05) is 76.2 Å². The first-order chi connectivity index (χ1) is 14.8. The van der Waals surface area contributed by atoms with Gasteiger partial charge in [-0.15, -0.1) is 11.8 Å². The summed E-state index contributed by atoms with van der Waals surface area (Å²) in [7, 11) is 1.64. The maximum atomic E-state index is 13.2. The number of nitrogens with zero attached hydrogens (tertiary/aromatic N) is 1. The third-order valence-corrected chi connectivity index (χ3v) is 6.06. The number of ether oxygens (including phenoxy) is 1. The lowest BCUT2D eigenvalue weighted by Gasteiger charge is -2.31. The van der Waals surface area contributed by atoms with Crippen LogP contribution in [-0.4, -0.2) is 41.7 Å². The third-order valence-electron chi connectivity index (χ3n) is 5.07. The number of carbonyl (C=O) groups excluding carboxylic acids is 2. The maximum absolute atomic E-state index is 13.2. The van der Waals surface area contributed by atoms with E-state index >= 15 is 0 Å². The number of rotatable bonds is 11. The van der Waals surface area contributed by atoms with Gasteiger partial charge in [-0.05, 0) is 56.0 Å². The predicted octanol–water partition coefficient (Wildman–Crippen LogP) is 4.57. The Morgan fingerprint density at radius 1 is 1.10 bits per heavy atom. The molecule has 2 aromatic rings. The van der Waals surface area contributed by atoms with Crippen LogP contribution in [0.1, 0.15) is 43.9 Å². The number of carbonyl (C=O) groups is 2. The largest absolute Gasteiger partial charge is 0.497 e. The van der Waals surface area contributed by atoms with Crippen LogP contribution in [0.15, 0.2) is 48.5 Å². The summed E-state index contributed by atoms with van der Waals surface area (Å²) < 4.78 is 5.19. The van der Waals surface area contributed by atoms with Crippen LogP contribution in [0.3, 0.4) is 0 Å². The van der Waals surface area contributed by atoms with Gasteiger partial charge in [-0.2, -0.15) is 0 Å². The minimum absolute atomic E-state index is 0.0208. The zero-order valence-electron chi connectivity index (χ0n) is 19.2. The van der Waals surface area contributed by atoms with Crippen molar-refractivity contribution in [1.82, 2.24) is 10.2 Å². The number of aryl methyl sites for hydroxylation is 1. The van der Waals surface area contributed by atoms with Gasteiger partial charge in [-0.1, -0.05) is 43.3 Å². The molecular formula is C25H34N2O3S. The number of benzene rings is 2. The van der Waals surface area contributed by atoms with Crippen LogP contribution < -0.4 is 10.1 Å². The van der Waals surface area contributed by atoms with Crippen LogP contribution in [-0.2, 0) is 21.9 Å². The van der Waals surface area contributed by atoms with Gasteiger partial charge in [0.25, 0.3) is 0 Å². The minimum Gasteiger partial charge on any atom is -0.497 e. The van der Waals surface area contributed by atoms with Gasteiger partial charge >= 0.3 is 0 Å². The highest BCUT2D eigenvalue weighted by Gasteiger charge is 2.29. The number of hydrogen-bond acceptors (Lipinski definition) is 4. The summed E-state index contributed by atoms with van der Waals surface area (Å²) >= 11 is 1.56. The Morgan fingerprint density at radius 3 is 2.35 bits per heavy atom. The van der Waals surface area contributed by atoms with Gasteiger partial charge < -0.3 is 15.0 Å². The molecule has 0 saturated carbocycles. The van der Waals surface area contributed by atoms with Crippen molar-refractivity contribution in [2.45, 2.75) is 58.5 Å². The van der Waals surface area contributed by atoms with Gasteiger partial charge in [0.1, 0.15) is 11.8 Å². The second-order valence-electron chi connectivity index (χ2n) is 7.88. The molecule has 2 amide bonds. The van der Waals surface area contributed by atoms with Crippen LogP contribution in [0, 0.1) is 6.92 Å². The molecule has 0 unspecified atom stereocenters. The Hall–Kier alpha value is -2.47. The second kappa shape index (κ2) is 12.4. The Kier molecular flexibility index (Phi) is 9.92. The molecule has 0 aliphatic rings. The summed E-state index contributed by atoms with van der Waals surface area (Å²) in [6.45, 7) is 8.28. The fraction of sp³-hybridized carbons (Fsp3) is 0.440. The Bertz CT molecular complexity index is 852. The van der Waals surface area contributed by atoms with Gasteiger partial charge in [-0.25, -0.2) is 0 Å². The molecule has 2 rings (SSSR count). The molecule has 6 heteroatoms. The monoisotopic (exact) mass is 442 g/mol. The SMILES string of the molecule is CC[C@@H](C(=O)NC(C)C)N(Cc1ccccc1C)C(=O)CSCc1ccc(OC)cc1. The quantitative estimate of drug-likeness (QED) is 0.554. The lowest BCUT2D eigenvalue weighted by molar-refractivity contribution is -0.139. The highest BCUT2D eigenvalue weighted by molar-refractivity contribution is 7.99. The van der Waals surface area contributed by atoms with Gasteiger partial charge in [0.05, 0.1) is 12.9 Å². The van der Waals surface area contributed by atoms with Crippen LogP contribution >= 0.6 is 11.8 Å². The van der Waals surface area contributed by atoms with E-state index in [1.54, 1.807) is 23.8 Å². The third kappa shape index (κ3) is 7.62. The fourth-order valence-electron chi connectivity index (χ4n) is 3.33. The molecule has 1 atom stereocenters. The molecular weight excluding hydrogens is 408 g/mol. The summed E-state index contributed by atoms with van der Waals surface area (Å²) in [5.74, 6) is 1.75.